The maximum Gasteiger partial charge on any atom is 0.472 e. The molecule has 0 saturated heterocycles. The first-order valence-corrected chi connectivity index (χ1v) is 43.0. The first-order chi connectivity index (χ1) is 46.4. The Hall–Kier alpha value is -1.94. The van der Waals surface area contributed by atoms with Crippen molar-refractivity contribution in [1.29, 1.82) is 0 Å². The van der Waals surface area contributed by atoms with Crippen LogP contribution in [0.5, 0.6) is 0 Å². The van der Waals surface area contributed by atoms with Crippen LogP contribution in [0.25, 0.3) is 0 Å². The molecule has 0 saturated carbocycles. The highest BCUT2D eigenvalue weighted by atomic mass is 31.2. The summed E-state index contributed by atoms with van der Waals surface area (Å²) in [4.78, 5) is 72.8. The summed E-state index contributed by atoms with van der Waals surface area (Å²) in [5.74, 6) is -0.718. The van der Waals surface area contributed by atoms with E-state index in [0.29, 0.717) is 37.5 Å². The summed E-state index contributed by atoms with van der Waals surface area (Å²) in [5, 5.41) is 10.6. The molecular weight excluding hydrogens is 1260 g/mol. The Bertz CT molecular complexity index is 1860. The van der Waals surface area contributed by atoms with Crippen molar-refractivity contribution in [3.8, 4) is 0 Å². The molecule has 0 spiro atoms. The van der Waals surface area contributed by atoms with Crippen molar-refractivity contribution in [2.24, 2.45) is 11.8 Å². The van der Waals surface area contributed by atoms with Gasteiger partial charge < -0.3 is 33.8 Å². The largest absolute Gasteiger partial charge is 0.472 e. The second-order valence-electron chi connectivity index (χ2n) is 28.7. The number of hydrogen-bond donors (Lipinski definition) is 3. The van der Waals surface area contributed by atoms with Crippen LogP contribution in [0.2, 0.25) is 0 Å². The Labute approximate surface area is 588 Å². The third-order valence-electron chi connectivity index (χ3n) is 18.0. The number of ether oxygens (including phenoxy) is 4. The molecule has 0 aromatic rings. The summed E-state index contributed by atoms with van der Waals surface area (Å²) in [6, 6.07) is 0. The minimum Gasteiger partial charge on any atom is -0.462 e. The average Bonchev–Trinajstić information content (AvgIpc) is 2.13. The number of hydrogen-bond acceptors (Lipinski definition) is 15. The molecule has 17 nitrogen and oxygen atoms in total. The van der Waals surface area contributed by atoms with E-state index in [2.05, 4.69) is 41.5 Å². The lowest BCUT2D eigenvalue weighted by Crippen LogP contribution is -2.30. The van der Waals surface area contributed by atoms with Gasteiger partial charge in [0.25, 0.3) is 0 Å². The van der Waals surface area contributed by atoms with E-state index in [1.54, 1.807) is 0 Å². The average molecular weight is 1410 g/mol. The molecule has 0 aliphatic heterocycles. The third-order valence-corrected chi connectivity index (χ3v) is 19.9. The van der Waals surface area contributed by atoms with E-state index >= 15 is 0 Å². The Morgan fingerprint density at radius 3 is 0.708 bits per heavy atom. The zero-order chi connectivity index (χ0) is 70.7. The summed E-state index contributed by atoms with van der Waals surface area (Å²) in [7, 11) is -9.91. The molecule has 0 fully saturated rings. The van der Waals surface area contributed by atoms with E-state index in [1.807, 2.05) is 0 Å². The van der Waals surface area contributed by atoms with Gasteiger partial charge in [0.05, 0.1) is 26.4 Å². The number of rotatable bonds is 76. The Morgan fingerprint density at radius 1 is 0.281 bits per heavy atom. The number of unbranched alkanes of at least 4 members (excludes halogenated alkanes) is 46. The summed E-state index contributed by atoms with van der Waals surface area (Å²) >= 11 is 0. The Kier molecular flexibility index (Phi) is 67.4. The van der Waals surface area contributed by atoms with Crippen molar-refractivity contribution >= 4 is 39.5 Å². The van der Waals surface area contributed by atoms with Gasteiger partial charge in [-0.1, -0.05) is 350 Å². The van der Waals surface area contributed by atoms with Crippen molar-refractivity contribution in [3.05, 3.63) is 0 Å². The van der Waals surface area contributed by atoms with Crippen LogP contribution in [0, 0.1) is 11.8 Å². The molecule has 0 aliphatic carbocycles. The Morgan fingerprint density at radius 2 is 0.479 bits per heavy atom. The molecule has 0 aromatic heterocycles. The standard InChI is InChI=1S/C77H150O17P2/c1-7-9-11-13-15-17-19-21-23-24-25-26-27-28-30-32-34-36-42-49-55-61-76(81)93-72(65-87-74(79)59-53-47-41-35-33-31-29-22-20-18-16-14-12-10-8-2)67-91-95(83,84)89-63-71(78)64-90-96(85,86)92-68-73(94-77(82)62-56-50-44-38-40-46-52-58-70(5)6)66-88-75(80)60-54-48-43-37-39-45-51-57-69(3)4/h69-73,78H,7-68H2,1-6H3,(H,83,84)(H,85,86)/t71-,72-,73-/m1/s1. The molecule has 0 aromatic carbocycles. The number of aliphatic hydroxyl groups is 1. The van der Waals surface area contributed by atoms with Crippen molar-refractivity contribution < 1.29 is 80.2 Å². The predicted molar refractivity (Wildman–Crippen MR) is 391 cm³/mol. The number of phosphoric acid groups is 2. The molecule has 96 heavy (non-hydrogen) atoms. The Balaban J connectivity index is 5.19. The van der Waals surface area contributed by atoms with Crippen LogP contribution in [0.3, 0.4) is 0 Å². The second-order valence-corrected chi connectivity index (χ2v) is 31.6. The highest BCUT2D eigenvalue weighted by molar-refractivity contribution is 7.47. The lowest BCUT2D eigenvalue weighted by Gasteiger charge is -2.21. The summed E-state index contributed by atoms with van der Waals surface area (Å²) in [6.07, 6.45) is 57.2. The van der Waals surface area contributed by atoms with Crippen LogP contribution in [-0.4, -0.2) is 96.7 Å². The molecule has 3 N–H and O–H groups in total. The van der Waals surface area contributed by atoms with Crippen molar-refractivity contribution in [3.63, 3.8) is 0 Å². The van der Waals surface area contributed by atoms with Gasteiger partial charge in [0.1, 0.15) is 19.3 Å². The number of phosphoric ester groups is 2. The number of carbonyl (C=O) groups is 4. The molecule has 19 heteroatoms. The van der Waals surface area contributed by atoms with Gasteiger partial charge in [-0.3, -0.25) is 37.3 Å². The smallest absolute Gasteiger partial charge is 0.462 e. The molecule has 0 bridgehead atoms. The van der Waals surface area contributed by atoms with E-state index in [-0.39, 0.29) is 25.7 Å². The molecular formula is C77H150O17P2. The van der Waals surface area contributed by atoms with Gasteiger partial charge in [0, 0.05) is 25.7 Å². The third kappa shape index (κ3) is 70.5. The van der Waals surface area contributed by atoms with E-state index < -0.39 is 97.5 Å². The van der Waals surface area contributed by atoms with Gasteiger partial charge in [-0.15, -0.1) is 0 Å². The van der Waals surface area contributed by atoms with Gasteiger partial charge in [0.2, 0.25) is 0 Å². The van der Waals surface area contributed by atoms with Crippen molar-refractivity contribution in [2.45, 2.75) is 419 Å². The molecule has 0 rings (SSSR count). The van der Waals surface area contributed by atoms with Gasteiger partial charge >= 0.3 is 39.5 Å². The fourth-order valence-corrected chi connectivity index (χ4v) is 13.4. The van der Waals surface area contributed by atoms with E-state index in [9.17, 15) is 43.2 Å². The normalized spacial score (nSPS) is 14.0. The van der Waals surface area contributed by atoms with Gasteiger partial charge in [-0.25, -0.2) is 9.13 Å². The minimum absolute atomic E-state index is 0.103. The predicted octanol–water partition coefficient (Wildman–Crippen LogP) is 22.7. The minimum atomic E-state index is -4.96. The topological polar surface area (TPSA) is 237 Å². The summed E-state index contributed by atoms with van der Waals surface area (Å²) in [6.45, 7) is 9.48. The van der Waals surface area contributed by atoms with Crippen LogP contribution < -0.4 is 0 Å². The zero-order valence-electron chi connectivity index (χ0n) is 62.7. The molecule has 0 heterocycles. The van der Waals surface area contributed by atoms with E-state index in [1.165, 1.54) is 212 Å². The van der Waals surface area contributed by atoms with E-state index in [4.69, 9.17) is 37.0 Å². The van der Waals surface area contributed by atoms with E-state index in [0.717, 1.165) is 96.3 Å². The van der Waals surface area contributed by atoms with Crippen LogP contribution in [0.15, 0.2) is 0 Å². The monoisotopic (exact) mass is 1410 g/mol. The first-order valence-electron chi connectivity index (χ1n) is 40.0. The van der Waals surface area contributed by atoms with Crippen LogP contribution in [-0.2, 0) is 65.4 Å². The van der Waals surface area contributed by atoms with Crippen LogP contribution in [0.1, 0.15) is 401 Å². The fourth-order valence-electron chi connectivity index (χ4n) is 11.8. The van der Waals surface area contributed by atoms with Gasteiger partial charge in [0.15, 0.2) is 12.2 Å². The van der Waals surface area contributed by atoms with Gasteiger partial charge in [-0.05, 0) is 37.5 Å². The molecule has 0 amide bonds. The first kappa shape index (κ1) is 94.1. The number of aliphatic hydroxyl groups excluding tert-OH is 1. The molecule has 570 valence electrons. The van der Waals surface area contributed by atoms with Crippen molar-refractivity contribution in [2.75, 3.05) is 39.6 Å². The quantitative estimate of drug-likeness (QED) is 0.0222. The van der Waals surface area contributed by atoms with Gasteiger partial charge in [-0.2, -0.15) is 0 Å². The molecule has 0 aliphatic rings. The SMILES string of the molecule is CCCCCCCCCCCCCCCCCCCCCCCC(=O)O[C@H](COC(=O)CCCCCCCCCCCCCCCCC)COP(=O)(O)OC[C@@H](O)COP(=O)(O)OC[C@@H](COC(=O)CCCCCCCCCC(C)C)OC(=O)CCCCCCCCCC(C)C. The molecule has 0 radical (unpaired) electrons. The van der Waals surface area contributed by atoms with Crippen LogP contribution >= 0.6 is 15.6 Å². The number of esters is 4. The lowest BCUT2D eigenvalue weighted by atomic mass is 10.0. The number of carbonyl (C=O) groups excluding carboxylic acids is 4. The molecule has 5 atom stereocenters. The maximum absolute atomic E-state index is 13.1. The highest BCUT2D eigenvalue weighted by Gasteiger charge is 2.30. The summed E-state index contributed by atoms with van der Waals surface area (Å²) < 4.78 is 68.5. The zero-order valence-corrected chi connectivity index (χ0v) is 64.5. The van der Waals surface area contributed by atoms with Crippen molar-refractivity contribution in [1.82, 2.24) is 0 Å². The summed E-state index contributed by atoms with van der Waals surface area (Å²) in [5.41, 5.74) is 0. The fraction of sp³-hybridized carbons (Fsp3) is 0.948. The second kappa shape index (κ2) is 68.8. The van der Waals surface area contributed by atoms with Crippen LogP contribution in [0.4, 0.5) is 0 Å². The maximum atomic E-state index is 13.1. The highest BCUT2D eigenvalue weighted by Crippen LogP contribution is 2.45. The lowest BCUT2D eigenvalue weighted by molar-refractivity contribution is -0.161. The molecule has 2 unspecified atom stereocenters.